The number of esters is 1. The average Bonchev–Trinajstić information content (AvgIpc) is 2.06. The van der Waals surface area contributed by atoms with Crippen molar-refractivity contribution in [2.75, 3.05) is 26.7 Å². The summed E-state index contributed by atoms with van der Waals surface area (Å²) in [5.41, 5.74) is 0. The Morgan fingerprint density at radius 1 is 1.82 bits per heavy atom. The van der Waals surface area contributed by atoms with Crippen molar-refractivity contribution in [3.63, 3.8) is 0 Å². The first-order valence-electron chi connectivity index (χ1n) is 3.76. The van der Waals surface area contributed by atoms with E-state index < -0.39 is 0 Å². The lowest BCUT2D eigenvalue weighted by molar-refractivity contribution is -0.141. The number of ether oxygens (including phenoxy) is 1. The molecule has 4 heteroatoms. The summed E-state index contributed by atoms with van der Waals surface area (Å²) in [7, 11) is 1.41. The molecule has 1 radical (unpaired) electrons. The summed E-state index contributed by atoms with van der Waals surface area (Å²) < 4.78 is 4.53. The molecular weight excluding hydrogens is 144 g/mol. The van der Waals surface area contributed by atoms with Crippen LogP contribution < -0.4 is 10.6 Å². The van der Waals surface area contributed by atoms with E-state index in [1.165, 1.54) is 7.11 Å². The fourth-order valence-corrected chi connectivity index (χ4v) is 1.08. The Labute approximate surface area is 66.3 Å². The van der Waals surface area contributed by atoms with Gasteiger partial charge in [-0.05, 0) is 0 Å². The molecule has 0 saturated carbocycles. The minimum atomic E-state index is -0.167. The van der Waals surface area contributed by atoms with Crippen LogP contribution in [-0.4, -0.2) is 38.8 Å². The zero-order chi connectivity index (χ0) is 8.10. The van der Waals surface area contributed by atoms with Crippen LogP contribution in [0.1, 0.15) is 6.42 Å². The van der Waals surface area contributed by atoms with Gasteiger partial charge < -0.3 is 10.1 Å². The van der Waals surface area contributed by atoms with Crippen molar-refractivity contribution in [3.05, 3.63) is 0 Å². The molecule has 1 aliphatic heterocycles. The van der Waals surface area contributed by atoms with Crippen LogP contribution in [0.15, 0.2) is 0 Å². The summed E-state index contributed by atoms with van der Waals surface area (Å²) >= 11 is 0. The Hall–Kier alpha value is -0.610. The molecule has 1 saturated heterocycles. The highest BCUT2D eigenvalue weighted by atomic mass is 16.5. The van der Waals surface area contributed by atoms with Crippen LogP contribution in [0, 0.1) is 0 Å². The maximum Gasteiger partial charge on any atom is 0.307 e. The lowest BCUT2D eigenvalue weighted by Gasteiger charge is -2.21. The largest absolute Gasteiger partial charge is 0.469 e. The maximum absolute atomic E-state index is 10.8. The molecule has 1 unspecified atom stereocenters. The SMILES string of the molecule is COC(=O)CC1C[N]CCN1. The smallest absolute Gasteiger partial charge is 0.307 e. The topological polar surface area (TPSA) is 52.4 Å². The molecule has 0 aromatic rings. The molecule has 63 valence electrons. The quantitative estimate of drug-likeness (QED) is 0.530. The van der Waals surface area contributed by atoms with E-state index >= 15 is 0 Å². The molecule has 11 heavy (non-hydrogen) atoms. The molecular formula is C7H13N2O2. The Morgan fingerprint density at radius 2 is 2.64 bits per heavy atom. The van der Waals surface area contributed by atoms with Crippen LogP contribution in [0.2, 0.25) is 0 Å². The van der Waals surface area contributed by atoms with E-state index in [1.807, 2.05) is 0 Å². The second-order valence-corrected chi connectivity index (χ2v) is 2.56. The maximum atomic E-state index is 10.8. The van der Waals surface area contributed by atoms with Gasteiger partial charge in [0.1, 0.15) is 0 Å². The second-order valence-electron chi connectivity index (χ2n) is 2.56. The number of hydrogen-bond acceptors (Lipinski definition) is 3. The number of nitrogens with zero attached hydrogens (tertiary/aromatic N) is 1. The Bertz CT molecular complexity index is 132. The third-order valence-corrected chi connectivity index (χ3v) is 1.69. The van der Waals surface area contributed by atoms with Gasteiger partial charge in [-0.3, -0.25) is 4.79 Å². The molecule has 1 fully saturated rings. The number of carbonyl (C=O) groups excluding carboxylic acids is 1. The number of piperazine rings is 1. The number of nitrogens with one attached hydrogen (secondary N) is 1. The Morgan fingerprint density at radius 3 is 3.18 bits per heavy atom. The van der Waals surface area contributed by atoms with Crippen molar-refractivity contribution in [2.24, 2.45) is 0 Å². The number of hydrogen-bond donors (Lipinski definition) is 1. The highest BCUT2D eigenvalue weighted by molar-refractivity contribution is 5.69. The zero-order valence-electron chi connectivity index (χ0n) is 6.67. The molecule has 1 heterocycles. The highest BCUT2D eigenvalue weighted by Gasteiger charge is 2.16. The predicted octanol–water partition coefficient (Wildman–Crippen LogP) is -0.874. The van der Waals surface area contributed by atoms with E-state index in [0.29, 0.717) is 6.42 Å². The first-order chi connectivity index (χ1) is 5.33. The monoisotopic (exact) mass is 157 g/mol. The normalized spacial score (nSPS) is 24.6. The summed E-state index contributed by atoms with van der Waals surface area (Å²) in [6.45, 7) is 2.47. The van der Waals surface area contributed by atoms with Crippen molar-refractivity contribution >= 4 is 5.97 Å². The van der Waals surface area contributed by atoms with E-state index in [0.717, 1.165) is 19.6 Å². The van der Waals surface area contributed by atoms with Gasteiger partial charge in [0.2, 0.25) is 0 Å². The van der Waals surface area contributed by atoms with Gasteiger partial charge in [0.05, 0.1) is 13.5 Å². The number of carbonyl (C=O) groups is 1. The van der Waals surface area contributed by atoms with Crippen molar-refractivity contribution in [1.29, 1.82) is 0 Å². The van der Waals surface area contributed by atoms with Crippen molar-refractivity contribution < 1.29 is 9.53 Å². The van der Waals surface area contributed by atoms with Gasteiger partial charge in [-0.1, -0.05) is 0 Å². The minimum Gasteiger partial charge on any atom is -0.469 e. The van der Waals surface area contributed by atoms with Crippen LogP contribution in [-0.2, 0) is 9.53 Å². The van der Waals surface area contributed by atoms with Gasteiger partial charge >= 0.3 is 5.97 Å². The van der Waals surface area contributed by atoms with Gasteiger partial charge in [0.15, 0.2) is 0 Å². The van der Waals surface area contributed by atoms with Gasteiger partial charge in [-0.25, -0.2) is 5.32 Å². The molecule has 0 aliphatic carbocycles. The molecule has 0 bridgehead atoms. The lowest BCUT2D eigenvalue weighted by atomic mass is 10.2. The molecule has 4 nitrogen and oxygen atoms in total. The molecule has 1 N–H and O–H groups in total. The molecule has 0 amide bonds. The molecule has 0 aromatic carbocycles. The molecule has 1 aliphatic rings. The van der Waals surface area contributed by atoms with Crippen molar-refractivity contribution in [1.82, 2.24) is 10.6 Å². The van der Waals surface area contributed by atoms with Crippen LogP contribution >= 0.6 is 0 Å². The van der Waals surface area contributed by atoms with Gasteiger partial charge in [0.25, 0.3) is 0 Å². The van der Waals surface area contributed by atoms with Crippen LogP contribution in [0.3, 0.4) is 0 Å². The lowest BCUT2D eigenvalue weighted by Crippen LogP contribution is -2.46. The Kier molecular flexibility index (Phi) is 3.32. The predicted molar refractivity (Wildman–Crippen MR) is 40.3 cm³/mol. The third kappa shape index (κ3) is 2.86. The van der Waals surface area contributed by atoms with Gasteiger partial charge in [-0.2, -0.15) is 0 Å². The molecule has 0 aromatic heterocycles. The van der Waals surface area contributed by atoms with Crippen LogP contribution in [0.5, 0.6) is 0 Å². The van der Waals surface area contributed by atoms with Crippen LogP contribution in [0.4, 0.5) is 0 Å². The summed E-state index contributed by atoms with van der Waals surface area (Å²) in [5, 5.41) is 7.37. The molecule has 1 atom stereocenters. The summed E-state index contributed by atoms with van der Waals surface area (Å²) in [6, 6.07) is 0.191. The summed E-state index contributed by atoms with van der Waals surface area (Å²) in [6.07, 6.45) is 0.431. The van der Waals surface area contributed by atoms with E-state index in [1.54, 1.807) is 0 Å². The standard InChI is InChI=1S/C7H13N2O2/c1-11-7(10)4-6-5-8-2-3-9-6/h6,9H,2-5H2,1H3. The molecule has 0 spiro atoms. The first kappa shape index (κ1) is 8.49. The van der Waals surface area contributed by atoms with Crippen LogP contribution in [0.25, 0.3) is 0 Å². The van der Waals surface area contributed by atoms with Gasteiger partial charge in [0, 0.05) is 25.7 Å². The fraction of sp³-hybridized carbons (Fsp3) is 0.857. The fourth-order valence-electron chi connectivity index (χ4n) is 1.08. The third-order valence-electron chi connectivity index (χ3n) is 1.69. The minimum absolute atomic E-state index is 0.167. The van der Waals surface area contributed by atoms with E-state index in [4.69, 9.17) is 0 Å². The highest BCUT2D eigenvalue weighted by Crippen LogP contribution is 1.96. The summed E-state index contributed by atoms with van der Waals surface area (Å²) in [4.78, 5) is 10.8. The zero-order valence-corrected chi connectivity index (χ0v) is 6.67. The first-order valence-corrected chi connectivity index (χ1v) is 3.76. The van der Waals surface area contributed by atoms with Gasteiger partial charge in [-0.15, -0.1) is 0 Å². The van der Waals surface area contributed by atoms with E-state index in [9.17, 15) is 4.79 Å². The van der Waals surface area contributed by atoms with E-state index in [2.05, 4.69) is 15.4 Å². The molecule has 1 rings (SSSR count). The Balaban J connectivity index is 2.19. The van der Waals surface area contributed by atoms with Crippen molar-refractivity contribution in [3.8, 4) is 0 Å². The van der Waals surface area contributed by atoms with Crippen molar-refractivity contribution in [2.45, 2.75) is 12.5 Å². The number of rotatable bonds is 2. The average molecular weight is 157 g/mol. The number of methoxy groups -OCH3 is 1. The summed E-state index contributed by atoms with van der Waals surface area (Å²) in [5.74, 6) is -0.167. The van der Waals surface area contributed by atoms with E-state index in [-0.39, 0.29) is 12.0 Å². The second kappa shape index (κ2) is 4.31.